The molecule has 5 rings (SSSR count). The molecular weight excluding hydrogens is 440 g/mol. The standard InChI is InChI=1S/C27H36N6O2/c1-5-24(34)28-16-20-10-15-31(18-23(20)33-14-7-12-30-33)17-21-8-9-22(32-13-6-11-29-32)25-19(2)27(3,4)35-26(21)25/h6-9,11-14,19-20,23H,5,10,15-18H2,1-4H3,(H,28,34)/t19?,20?,23-/m0/s1. The molecule has 8 nitrogen and oxygen atoms in total. The Balaban J connectivity index is 1.39. The first-order chi connectivity index (χ1) is 16.9. The van der Waals surface area contributed by atoms with E-state index in [1.807, 2.05) is 48.5 Å². The predicted octanol–water partition coefficient (Wildman–Crippen LogP) is 3.93. The van der Waals surface area contributed by atoms with Crippen molar-refractivity contribution >= 4 is 5.91 Å². The van der Waals surface area contributed by atoms with Gasteiger partial charge < -0.3 is 10.1 Å². The average molecular weight is 477 g/mol. The molecule has 1 saturated heterocycles. The van der Waals surface area contributed by atoms with Gasteiger partial charge in [0, 0.05) is 73.8 Å². The Bertz CT molecular complexity index is 1150. The normalized spacial score (nSPS) is 23.6. The van der Waals surface area contributed by atoms with Gasteiger partial charge in [-0.1, -0.05) is 19.9 Å². The molecule has 186 valence electrons. The van der Waals surface area contributed by atoms with E-state index in [-0.39, 0.29) is 23.5 Å². The Hall–Kier alpha value is -3.13. The number of rotatable bonds is 7. The highest BCUT2D eigenvalue weighted by Crippen LogP contribution is 2.49. The van der Waals surface area contributed by atoms with Crippen LogP contribution < -0.4 is 10.1 Å². The first kappa shape index (κ1) is 23.6. The minimum Gasteiger partial charge on any atom is -0.487 e. The number of aromatic nitrogens is 4. The lowest BCUT2D eigenvalue weighted by Gasteiger charge is -2.39. The molecule has 4 heterocycles. The third-order valence-electron chi connectivity index (χ3n) is 7.79. The van der Waals surface area contributed by atoms with E-state index in [2.05, 4.69) is 58.0 Å². The molecule has 0 bridgehead atoms. The number of benzene rings is 1. The Labute approximate surface area is 207 Å². The van der Waals surface area contributed by atoms with Gasteiger partial charge in [0.1, 0.15) is 11.4 Å². The lowest BCUT2D eigenvalue weighted by Crippen LogP contribution is -2.45. The molecular formula is C27H36N6O2. The summed E-state index contributed by atoms with van der Waals surface area (Å²) in [7, 11) is 0. The van der Waals surface area contributed by atoms with Crippen molar-refractivity contribution in [2.24, 2.45) is 5.92 Å². The molecule has 2 aromatic heterocycles. The summed E-state index contributed by atoms with van der Waals surface area (Å²) in [6.07, 6.45) is 9.19. The van der Waals surface area contributed by atoms with Crippen molar-refractivity contribution in [2.45, 2.75) is 64.6 Å². The van der Waals surface area contributed by atoms with E-state index < -0.39 is 0 Å². The fourth-order valence-electron chi connectivity index (χ4n) is 5.42. The van der Waals surface area contributed by atoms with Crippen molar-refractivity contribution in [3.8, 4) is 11.4 Å². The lowest BCUT2D eigenvalue weighted by molar-refractivity contribution is -0.121. The Kier molecular flexibility index (Phi) is 6.40. The number of carbonyl (C=O) groups excluding carboxylic acids is 1. The number of hydrogen-bond acceptors (Lipinski definition) is 5. The van der Waals surface area contributed by atoms with Crippen LogP contribution in [-0.2, 0) is 11.3 Å². The lowest BCUT2D eigenvalue weighted by atomic mass is 9.87. The van der Waals surface area contributed by atoms with E-state index in [0.29, 0.717) is 18.9 Å². The zero-order valence-electron chi connectivity index (χ0n) is 21.1. The van der Waals surface area contributed by atoms with E-state index in [0.717, 1.165) is 37.5 Å². The molecule has 0 spiro atoms. The highest BCUT2D eigenvalue weighted by molar-refractivity contribution is 5.75. The van der Waals surface area contributed by atoms with Crippen LogP contribution in [0.25, 0.3) is 5.69 Å². The highest BCUT2D eigenvalue weighted by Gasteiger charge is 2.42. The van der Waals surface area contributed by atoms with Crippen molar-refractivity contribution < 1.29 is 9.53 Å². The van der Waals surface area contributed by atoms with Crippen LogP contribution in [0.15, 0.2) is 49.1 Å². The van der Waals surface area contributed by atoms with Crippen molar-refractivity contribution in [2.75, 3.05) is 19.6 Å². The number of fused-ring (bicyclic) bond motifs is 1. The van der Waals surface area contributed by atoms with Crippen molar-refractivity contribution in [1.29, 1.82) is 0 Å². The van der Waals surface area contributed by atoms with Gasteiger partial charge in [-0.2, -0.15) is 10.2 Å². The molecule has 2 unspecified atom stereocenters. The molecule has 2 aliphatic rings. The van der Waals surface area contributed by atoms with Gasteiger partial charge in [-0.05, 0) is 45.0 Å². The van der Waals surface area contributed by atoms with Gasteiger partial charge in [0.25, 0.3) is 0 Å². The number of ether oxygens (including phenoxy) is 1. The predicted molar refractivity (Wildman–Crippen MR) is 135 cm³/mol. The molecule has 0 radical (unpaired) electrons. The van der Waals surface area contributed by atoms with Gasteiger partial charge in [-0.3, -0.25) is 14.4 Å². The van der Waals surface area contributed by atoms with Crippen molar-refractivity contribution in [1.82, 2.24) is 29.8 Å². The topological polar surface area (TPSA) is 77.2 Å². The van der Waals surface area contributed by atoms with Gasteiger partial charge in [0.05, 0.1) is 11.7 Å². The Morgan fingerprint density at radius 1 is 1.20 bits per heavy atom. The maximum Gasteiger partial charge on any atom is 0.219 e. The van der Waals surface area contributed by atoms with E-state index in [4.69, 9.17) is 4.74 Å². The average Bonchev–Trinajstić information content (AvgIpc) is 3.61. The first-order valence-corrected chi connectivity index (χ1v) is 12.7. The van der Waals surface area contributed by atoms with Crippen molar-refractivity contribution in [3.05, 3.63) is 60.2 Å². The summed E-state index contributed by atoms with van der Waals surface area (Å²) >= 11 is 0. The summed E-state index contributed by atoms with van der Waals surface area (Å²) in [4.78, 5) is 14.4. The van der Waals surface area contributed by atoms with Crippen LogP contribution in [0, 0.1) is 5.92 Å². The number of carbonyl (C=O) groups is 1. The second-order valence-electron chi connectivity index (χ2n) is 10.4. The van der Waals surface area contributed by atoms with Gasteiger partial charge in [0.15, 0.2) is 0 Å². The molecule has 3 aromatic rings. The van der Waals surface area contributed by atoms with E-state index >= 15 is 0 Å². The first-order valence-electron chi connectivity index (χ1n) is 12.7. The molecule has 1 fully saturated rings. The Morgan fingerprint density at radius 3 is 2.71 bits per heavy atom. The summed E-state index contributed by atoms with van der Waals surface area (Å²) in [5.74, 6) is 1.71. The SMILES string of the molecule is CCC(=O)NCC1CCN(Cc2ccc(-n3cccn3)c3c2OC(C)(C)C3C)C[C@@H]1n1cccn1. The van der Waals surface area contributed by atoms with E-state index in [1.54, 1.807) is 0 Å². The van der Waals surface area contributed by atoms with Crippen molar-refractivity contribution in [3.63, 3.8) is 0 Å². The van der Waals surface area contributed by atoms with Gasteiger partial charge in [0.2, 0.25) is 5.91 Å². The van der Waals surface area contributed by atoms with Crippen LogP contribution >= 0.6 is 0 Å². The molecule has 35 heavy (non-hydrogen) atoms. The monoisotopic (exact) mass is 476 g/mol. The summed E-state index contributed by atoms with van der Waals surface area (Å²) in [5, 5.41) is 12.1. The third kappa shape index (κ3) is 4.59. The number of amides is 1. The number of piperidine rings is 1. The van der Waals surface area contributed by atoms with Gasteiger partial charge in [-0.15, -0.1) is 0 Å². The van der Waals surface area contributed by atoms with Gasteiger partial charge in [-0.25, -0.2) is 4.68 Å². The maximum absolute atomic E-state index is 11.9. The largest absolute Gasteiger partial charge is 0.487 e. The number of nitrogens with zero attached hydrogens (tertiary/aromatic N) is 5. The summed E-state index contributed by atoms with van der Waals surface area (Å²) in [5.41, 5.74) is 3.26. The van der Waals surface area contributed by atoms with E-state index in [9.17, 15) is 4.79 Å². The summed E-state index contributed by atoms with van der Waals surface area (Å²) in [6.45, 7) is 11.8. The highest BCUT2D eigenvalue weighted by atomic mass is 16.5. The number of likely N-dealkylation sites (tertiary alicyclic amines) is 1. The molecule has 1 N–H and O–H groups in total. The summed E-state index contributed by atoms with van der Waals surface area (Å²) in [6, 6.07) is 8.51. The number of hydrogen-bond donors (Lipinski definition) is 1. The quantitative estimate of drug-likeness (QED) is 0.559. The molecule has 3 atom stereocenters. The molecule has 0 saturated carbocycles. The third-order valence-corrected chi connectivity index (χ3v) is 7.79. The zero-order chi connectivity index (χ0) is 24.6. The zero-order valence-corrected chi connectivity index (χ0v) is 21.1. The summed E-state index contributed by atoms with van der Waals surface area (Å²) < 4.78 is 10.6. The molecule has 8 heteroatoms. The molecule has 0 aliphatic carbocycles. The minimum absolute atomic E-state index is 0.105. The van der Waals surface area contributed by atoms with E-state index in [1.165, 1.54) is 11.1 Å². The fraction of sp³-hybridized carbons (Fsp3) is 0.519. The van der Waals surface area contributed by atoms with Crippen LogP contribution in [0.5, 0.6) is 5.75 Å². The van der Waals surface area contributed by atoms with Crippen LogP contribution in [0.1, 0.15) is 63.6 Å². The van der Waals surface area contributed by atoms with Crippen LogP contribution in [0.3, 0.4) is 0 Å². The maximum atomic E-state index is 11.9. The van der Waals surface area contributed by atoms with Crippen LogP contribution in [0.4, 0.5) is 0 Å². The minimum atomic E-state index is -0.275. The second kappa shape index (κ2) is 9.49. The molecule has 1 amide bonds. The van der Waals surface area contributed by atoms with Crippen LogP contribution in [0.2, 0.25) is 0 Å². The fourth-order valence-corrected chi connectivity index (χ4v) is 5.42. The number of nitrogens with one attached hydrogen (secondary N) is 1. The Morgan fingerprint density at radius 2 is 2.00 bits per heavy atom. The van der Waals surface area contributed by atoms with Crippen LogP contribution in [-0.4, -0.2) is 55.6 Å². The van der Waals surface area contributed by atoms with Gasteiger partial charge >= 0.3 is 0 Å². The molecule has 1 aromatic carbocycles. The smallest absolute Gasteiger partial charge is 0.219 e. The second-order valence-corrected chi connectivity index (χ2v) is 10.4. The molecule has 2 aliphatic heterocycles.